The maximum Gasteiger partial charge on any atom is 0.312 e. The summed E-state index contributed by atoms with van der Waals surface area (Å²) in [4.78, 5) is 13.3. The Kier molecular flexibility index (Phi) is 5.24. The van der Waals surface area contributed by atoms with Gasteiger partial charge < -0.3 is 28.4 Å². The Balaban J connectivity index is 1.32. The number of hydrogen-bond donors (Lipinski definition) is 0. The fourth-order valence-electron chi connectivity index (χ4n) is 5.92. The van der Waals surface area contributed by atoms with Crippen LogP contribution in [-0.4, -0.2) is 39.0 Å². The summed E-state index contributed by atoms with van der Waals surface area (Å²) in [5, 5.41) is 0. The second-order valence-electron chi connectivity index (χ2n) is 9.53. The van der Waals surface area contributed by atoms with Gasteiger partial charge >= 0.3 is 5.97 Å². The quantitative estimate of drug-likeness (QED) is 0.501. The van der Waals surface area contributed by atoms with Crippen molar-refractivity contribution in [2.75, 3.05) is 33.0 Å². The third kappa shape index (κ3) is 3.57. The van der Waals surface area contributed by atoms with Crippen LogP contribution in [0.2, 0.25) is 0 Å². The number of ether oxygens (including phenoxy) is 6. The average Bonchev–Trinajstić information content (AvgIpc) is 3.35. The lowest BCUT2D eigenvalue weighted by Crippen LogP contribution is -2.39. The van der Waals surface area contributed by atoms with Crippen molar-refractivity contribution in [3.8, 4) is 23.0 Å². The molecule has 7 nitrogen and oxygen atoms in total. The van der Waals surface area contributed by atoms with Gasteiger partial charge in [-0.05, 0) is 41.0 Å². The Labute approximate surface area is 208 Å². The first-order chi connectivity index (χ1) is 17.8. The summed E-state index contributed by atoms with van der Waals surface area (Å²) >= 11 is 0. The van der Waals surface area contributed by atoms with Gasteiger partial charge in [0.1, 0.15) is 26.4 Å². The molecular formula is C29H26O7. The van der Waals surface area contributed by atoms with Crippen LogP contribution in [0.25, 0.3) is 0 Å². The molecule has 4 aliphatic rings. The number of fused-ring (bicyclic) bond motifs is 3. The largest absolute Gasteiger partial charge is 0.486 e. The topological polar surface area (TPSA) is 72.5 Å². The van der Waals surface area contributed by atoms with Crippen LogP contribution in [0.4, 0.5) is 0 Å². The number of hydrogen-bond acceptors (Lipinski definition) is 7. The Morgan fingerprint density at radius 3 is 1.81 bits per heavy atom. The van der Waals surface area contributed by atoms with Gasteiger partial charge in [-0.25, -0.2) is 0 Å². The molecule has 0 amide bonds. The minimum atomic E-state index is -0.483. The highest BCUT2D eigenvalue weighted by molar-refractivity contribution is 5.76. The van der Waals surface area contributed by atoms with Gasteiger partial charge in [0.2, 0.25) is 0 Å². The molecule has 0 bridgehead atoms. The molecule has 0 saturated carbocycles. The molecule has 0 spiro atoms. The van der Waals surface area contributed by atoms with Crippen molar-refractivity contribution < 1.29 is 33.2 Å². The summed E-state index contributed by atoms with van der Waals surface area (Å²) in [7, 11) is 0. The molecule has 36 heavy (non-hydrogen) atoms. The Morgan fingerprint density at radius 1 is 0.583 bits per heavy atom. The molecule has 2 fully saturated rings. The Morgan fingerprint density at radius 2 is 1.17 bits per heavy atom. The van der Waals surface area contributed by atoms with E-state index in [0.29, 0.717) is 50.3 Å². The molecule has 7 heteroatoms. The SMILES string of the molecule is O=C1OC[C@H](c2ccccc2)C2C1[C@@H](c1ccc3c(c1)OCCO3)O[C@H]2c1ccc2c(c1)OCCO2. The van der Waals surface area contributed by atoms with E-state index < -0.39 is 12.0 Å². The number of esters is 1. The summed E-state index contributed by atoms with van der Waals surface area (Å²) in [6, 6.07) is 22.0. The molecule has 0 aliphatic carbocycles. The van der Waals surface area contributed by atoms with Crippen LogP contribution < -0.4 is 18.9 Å². The Hall–Kier alpha value is -3.71. The van der Waals surface area contributed by atoms with Gasteiger partial charge in [0.05, 0.1) is 24.7 Å². The minimum Gasteiger partial charge on any atom is -0.486 e. The first kappa shape index (κ1) is 21.6. The zero-order valence-electron chi connectivity index (χ0n) is 19.6. The van der Waals surface area contributed by atoms with E-state index >= 15 is 0 Å². The van der Waals surface area contributed by atoms with E-state index in [9.17, 15) is 4.79 Å². The summed E-state index contributed by atoms with van der Waals surface area (Å²) in [5.74, 6) is 1.99. The van der Waals surface area contributed by atoms with Crippen LogP contribution in [0.1, 0.15) is 34.8 Å². The van der Waals surface area contributed by atoms with E-state index in [2.05, 4.69) is 12.1 Å². The van der Waals surface area contributed by atoms with Gasteiger partial charge in [-0.3, -0.25) is 4.79 Å². The summed E-state index contributed by atoms with van der Waals surface area (Å²) in [5.41, 5.74) is 2.97. The van der Waals surface area contributed by atoms with Crippen molar-refractivity contribution in [3.63, 3.8) is 0 Å². The molecule has 4 heterocycles. The van der Waals surface area contributed by atoms with E-state index in [1.165, 1.54) is 0 Å². The molecule has 5 atom stereocenters. The van der Waals surface area contributed by atoms with Crippen molar-refractivity contribution in [2.24, 2.45) is 11.8 Å². The molecule has 0 N–H and O–H groups in total. The van der Waals surface area contributed by atoms with E-state index in [-0.39, 0.29) is 23.9 Å². The van der Waals surface area contributed by atoms with E-state index in [0.717, 1.165) is 22.4 Å². The second kappa shape index (κ2) is 8.75. The highest BCUT2D eigenvalue weighted by Gasteiger charge is 2.56. The fourth-order valence-corrected chi connectivity index (χ4v) is 5.92. The highest BCUT2D eigenvalue weighted by Crippen LogP contribution is 2.57. The van der Waals surface area contributed by atoms with Crippen molar-refractivity contribution in [1.82, 2.24) is 0 Å². The maximum absolute atomic E-state index is 13.3. The van der Waals surface area contributed by atoms with E-state index in [1.807, 2.05) is 54.6 Å². The van der Waals surface area contributed by atoms with Crippen LogP contribution in [-0.2, 0) is 14.3 Å². The molecule has 2 unspecified atom stereocenters. The lowest BCUT2D eigenvalue weighted by Gasteiger charge is -2.35. The number of benzene rings is 3. The van der Waals surface area contributed by atoms with Crippen molar-refractivity contribution in [2.45, 2.75) is 18.1 Å². The first-order valence-electron chi connectivity index (χ1n) is 12.4. The zero-order valence-corrected chi connectivity index (χ0v) is 19.6. The maximum atomic E-state index is 13.3. The lowest BCUT2D eigenvalue weighted by atomic mass is 9.71. The number of cyclic esters (lactones) is 1. The highest BCUT2D eigenvalue weighted by atomic mass is 16.6. The van der Waals surface area contributed by atoms with Gasteiger partial charge in [0, 0.05) is 11.8 Å². The molecule has 3 aromatic carbocycles. The average molecular weight is 487 g/mol. The van der Waals surface area contributed by atoms with E-state index in [4.69, 9.17) is 28.4 Å². The third-order valence-corrected chi connectivity index (χ3v) is 7.54. The number of carbonyl (C=O) groups excluding carboxylic acids is 1. The predicted octanol–water partition coefficient (Wildman–Crippen LogP) is 4.61. The van der Waals surface area contributed by atoms with Crippen LogP contribution in [0.15, 0.2) is 66.7 Å². The molecule has 4 aliphatic heterocycles. The first-order valence-corrected chi connectivity index (χ1v) is 12.4. The zero-order chi connectivity index (χ0) is 24.1. The monoisotopic (exact) mass is 486 g/mol. The van der Waals surface area contributed by atoms with Gasteiger partial charge in [-0.2, -0.15) is 0 Å². The van der Waals surface area contributed by atoms with Gasteiger partial charge in [-0.15, -0.1) is 0 Å². The normalized spacial score (nSPS) is 28.2. The molecule has 2 saturated heterocycles. The van der Waals surface area contributed by atoms with Gasteiger partial charge in [-0.1, -0.05) is 42.5 Å². The summed E-state index contributed by atoms with van der Waals surface area (Å²) < 4.78 is 35.7. The summed E-state index contributed by atoms with van der Waals surface area (Å²) in [6.45, 7) is 2.38. The third-order valence-electron chi connectivity index (χ3n) is 7.54. The smallest absolute Gasteiger partial charge is 0.312 e. The van der Waals surface area contributed by atoms with Crippen molar-refractivity contribution in [3.05, 3.63) is 83.4 Å². The second-order valence-corrected chi connectivity index (χ2v) is 9.53. The van der Waals surface area contributed by atoms with E-state index in [1.54, 1.807) is 0 Å². The number of carbonyl (C=O) groups is 1. The predicted molar refractivity (Wildman–Crippen MR) is 129 cm³/mol. The van der Waals surface area contributed by atoms with Crippen LogP contribution in [0, 0.1) is 11.8 Å². The van der Waals surface area contributed by atoms with Crippen molar-refractivity contribution in [1.29, 1.82) is 0 Å². The minimum absolute atomic E-state index is 0.00527. The number of rotatable bonds is 3. The molecule has 0 radical (unpaired) electrons. The fraction of sp³-hybridized carbons (Fsp3) is 0.345. The van der Waals surface area contributed by atoms with Crippen LogP contribution >= 0.6 is 0 Å². The molecule has 184 valence electrons. The van der Waals surface area contributed by atoms with Gasteiger partial charge in [0.25, 0.3) is 0 Å². The van der Waals surface area contributed by atoms with Crippen LogP contribution in [0.5, 0.6) is 23.0 Å². The molecular weight excluding hydrogens is 460 g/mol. The summed E-state index contributed by atoms with van der Waals surface area (Å²) in [6.07, 6.45) is -0.815. The standard InChI is InChI=1S/C29H26O7/c30-29-26-25(20(16-35-29)17-4-2-1-3-5-17)27(18-6-8-21-23(14-18)33-12-10-31-21)36-28(26)19-7-9-22-24(15-19)34-13-11-32-22/h1-9,14-15,20,25-28H,10-13,16H2/t20-,25?,26?,27+,28-/m1/s1. The van der Waals surface area contributed by atoms with Crippen molar-refractivity contribution >= 4 is 5.97 Å². The lowest BCUT2D eigenvalue weighted by molar-refractivity contribution is -0.158. The molecule has 3 aromatic rings. The molecule has 0 aromatic heterocycles. The van der Waals surface area contributed by atoms with Crippen LogP contribution in [0.3, 0.4) is 0 Å². The molecule has 7 rings (SSSR count). The van der Waals surface area contributed by atoms with Gasteiger partial charge in [0.15, 0.2) is 23.0 Å². The Bertz CT molecular complexity index is 1290.